The van der Waals surface area contributed by atoms with Crippen LogP contribution in [0, 0.1) is 0 Å². The summed E-state index contributed by atoms with van der Waals surface area (Å²) < 4.78 is 31.9. The molecule has 0 spiro atoms. The van der Waals surface area contributed by atoms with Gasteiger partial charge in [-0.15, -0.1) is 4.40 Å². The number of carboxylic acid groups (broad SMARTS) is 1. The van der Waals surface area contributed by atoms with Crippen LogP contribution in [0.2, 0.25) is 0 Å². The molecular weight excluding hydrogens is 384 g/mol. The second-order valence-electron chi connectivity index (χ2n) is 7.79. The highest BCUT2D eigenvalue weighted by Crippen LogP contribution is 2.47. The van der Waals surface area contributed by atoms with Gasteiger partial charge in [-0.1, -0.05) is 19.9 Å². The van der Waals surface area contributed by atoms with Crippen LogP contribution in [0.5, 0.6) is 5.75 Å². The second kappa shape index (κ2) is 7.69. The Morgan fingerprint density at radius 3 is 2.39 bits per heavy atom. The number of rotatable bonds is 6. The normalized spacial score (nSPS) is 17.0. The highest BCUT2D eigenvalue weighted by atomic mass is 32.3. The minimum absolute atomic E-state index is 0.0474. The van der Waals surface area contributed by atoms with Crippen LogP contribution >= 0.6 is 11.0 Å². The van der Waals surface area contributed by atoms with Crippen molar-refractivity contribution in [2.45, 2.75) is 58.5 Å². The molecule has 1 amide bonds. The average molecular weight is 415 g/mol. The molecule has 0 aromatic heterocycles. The Morgan fingerprint density at radius 2 is 1.89 bits per heavy atom. The van der Waals surface area contributed by atoms with E-state index >= 15 is 0 Å². The standard InChI is InChI=1S/C18H30N4O5S/c1-6-18(7-2,22(16(23)24)17(3,4)5)11-27-13-10-8-9-12-14(13)15(19)21-28(25,26)20-12/h8-10,20,25-26H,6-7,11H2,1-5H3,(H2,19,21)(H,23,24). The number of nitrogens with zero attached hydrogens (tertiary/aromatic N) is 2. The molecule has 0 aliphatic carbocycles. The largest absolute Gasteiger partial charge is 0.490 e. The summed E-state index contributed by atoms with van der Waals surface area (Å²) in [7, 11) is -3.39. The summed E-state index contributed by atoms with van der Waals surface area (Å²) in [6.07, 6.45) is 0.112. The molecule has 0 radical (unpaired) electrons. The molecule has 2 rings (SSSR count). The van der Waals surface area contributed by atoms with Crippen molar-refractivity contribution >= 4 is 28.6 Å². The molecule has 9 nitrogen and oxygen atoms in total. The summed E-state index contributed by atoms with van der Waals surface area (Å²) in [4.78, 5) is 13.5. The lowest BCUT2D eigenvalue weighted by molar-refractivity contribution is -0.0149. The van der Waals surface area contributed by atoms with Crippen molar-refractivity contribution in [3.63, 3.8) is 0 Å². The van der Waals surface area contributed by atoms with Gasteiger partial charge in [0.15, 0.2) is 5.84 Å². The van der Waals surface area contributed by atoms with Gasteiger partial charge in [0.1, 0.15) is 12.4 Å². The van der Waals surface area contributed by atoms with Crippen molar-refractivity contribution in [2.75, 3.05) is 11.3 Å². The third kappa shape index (κ3) is 4.29. The number of nitrogens with two attached hydrogens (primary N) is 1. The van der Waals surface area contributed by atoms with E-state index in [1.807, 2.05) is 34.6 Å². The Morgan fingerprint density at radius 1 is 1.29 bits per heavy atom. The van der Waals surface area contributed by atoms with E-state index in [0.29, 0.717) is 29.8 Å². The first-order chi connectivity index (χ1) is 12.9. The maximum Gasteiger partial charge on any atom is 0.408 e. The predicted molar refractivity (Wildman–Crippen MR) is 112 cm³/mol. The number of carbonyl (C=O) groups is 1. The summed E-state index contributed by atoms with van der Waals surface area (Å²) >= 11 is 0. The fourth-order valence-electron chi connectivity index (χ4n) is 3.60. The highest BCUT2D eigenvalue weighted by molar-refractivity contribution is 8.24. The van der Waals surface area contributed by atoms with E-state index in [9.17, 15) is 19.0 Å². The SMILES string of the molecule is CCC(CC)(COc1cccc2c1C(N)=NS(O)(O)N2)N(C(=O)O)C(C)(C)C. The third-order valence-electron chi connectivity index (χ3n) is 4.90. The predicted octanol–water partition coefficient (Wildman–Crippen LogP) is 4.11. The molecule has 0 unspecified atom stereocenters. The summed E-state index contributed by atoms with van der Waals surface area (Å²) in [5, 5.41) is 9.86. The number of hydrogen-bond donors (Lipinski definition) is 5. The van der Waals surface area contributed by atoms with Gasteiger partial charge in [0.05, 0.1) is 16.8 Å². The van der Waals surface area contributed by atoms with Crippen molar-refractivity contribution in [3.05, 3.63) is 23.8 Å². The maximum absolute atomic E-state index is 12.0. The molecule has 0 saturated heterocycles. The van der Waals surface area contributed by atoms with Gasteiger partial charge >= 0.3 is 6.09 Å². The Hall–Kier alpha value is -2.17. The summed E-state index contributed by atoms with van der Waals surface area (Å²) in [6, 6.07) is 5.02. The van der Waals surface area contributed by atoms with Crippen molar-refractivity contribution in [3.8, 4) is 5.75 Å². The molecule has 1 aromatic rings. The number of anilines is 1. The van der Waals surface area contributed by atoms with E-state index < -0.39 is 28.1 Å². The molecule has 158 valence electrons. The van der Waals surface area contributed by atoms with Gasteiger partial charge in [-0.2, -0.15) is 0 Å². The first-order valence-corrected chi connectivity index (χ1v) is 10.6. The molecule has 0 bridgehead atoms. The number of amides is 1. The zero-order valence-corrected chi connectivity index (χ0v) is 17.7. The first kappa shape index (κ1) is 22.1. The van der Waals surface area contributed by atoms with Gasteiger partial charge in [-0.3, -0.25) is 18.7 Å². The fourth-order valence-corrected chi connectivity index (χ4v) is 4.48. The Kier molecular flexibility index (Phi) is 6.07. The van der Waals surface area contributed by atoms with Gasteiger partial charge in [0.2, 0.25) is 0 Å². The quantitative estimate of drug-likeness (QED) is 0.471. The smallest absolute Gasteiger partial charge is 0.408 e. The number of ether oxygens (including phenoxy) is 1. The van der Waals surface area contributed by atoms with Crippen LogP contribution in [-0.2, 0) is 0 Å². The lowest BCUT2D eigenvalue weighted by atomic mass is 9.87. The van der Waals surface area contributed by atoms with Crippen molar-refractivity contribution in [1.82, 2.24) is 4.90 Å². The molecule has 1 aliphatic rings. The first-order valence-electron chi connectivity index (χ1n) is 9.07. The Labute approximate surface area is 167 Å². The molecule has 10 heteroatoms. The summed E-state index contributed by atoms with van der Waals surface area (Å²) in [5.74, 6) is 0.348. The fraction of sp³-hybridized carbons (Fsp3) is 0.556. The Bertz CT molecular complexity index is 772. The van der Waals surface area contributed by atoms with E-state index in [1.54, 1.807) is 18.2 Å². The third-order valence-corrected chi connectivity index (χ3v) is 5.85. The molecule has 0 saturated carbocycles. The topological polar surface area (TPSA) is 141 Å². The lowest BCUT2D eigenvalue weighted by Crippen LogP contribution is -2.61. The van der Waals surface area contributed by atoms with Crippen LogP contribution in [0.4, 0.5) is 10.5 Å². The number of benzene rings is 1. The highest BCUT2D eigenvalue weighted by Gasteiger charge is 2.44. The lowest BCUT2D eigenvalue weighted by Gasteiger charge is -2.48. The van der Waals surface area contributed by atoms with E-state index in [4.69, 9.17) is 10.5 Å². The zero-order valence-electron chi connectivity index (χ0n) is 16.9. The maximum atomic E-state index is 12.0. The molecule has 0 atom stereocenters. The van der Waals surface area contributed by atoms with E-state index in [2.05, 4.69) is 9.12 Å². The van der Waals surface area contributed by atoms with E-state index in [-0.39, 0.29) is 12.4 Å². The zero-order chi connectivity index (χ0) is 21.3. The van der Waals surface area contributed by atoms with Crippen LogP contribution in [0.25, 0.3) is 0 Å². The molecule has 1 aromatic carbocycles. The molecule has 0 fully saturated rings. The van der Waals surface area contributed by atoms with Gasteiger partial charge in [-0.25, -0.2) is 4.79 Å². The van der Waals surface area contributed by atoms with Gasteiger partial charge in [0.25, 0.3) is 0 Å². The van der Waals surface area contributed by atoms with Crippen LogP contribution in [0.1, 0.15) is 53.0 Å². The van der Waals surface area contributed by atoms with Crippen molar-refractivity contribution < 1.29 is 23.7 Å². The van der Waals surface area contributed by atoms with Gasteiger partial charge in [-0.05, 0) is 56.7 Å². The summed E-state index contributed by atoms with van der Waals surface area (Å²) in [6.45, 7) is 9.54. The van der Waals surface area contributed by atoms with Crippen LogP contribution in [0.15, 0.2) is 22.6 Å². The van der Waals surface area contributed by atoms with Crippen LogP contribution in [0.3, 0.4) is 0 Å². The van der Waals surface area contributed by atoms with Crippen molar-refractivity contribution in [2.24, 2.45) is 10.1 Å². The van der Waals surface area contributed by atoms with Crippen LogP contribution in [-0.4, -0.2) is 48.7 Å². The van der Waals surface area contributed by atoms with Crippen molar-refractivity contribution in [1.29, 1.82) is 0 Å². The average Bonchev–Trinajstić information content (AvgIpc) is 2.55. The van der Waals surface area contributed by atoms with Gasteiger partial charge < -0.3 is 15.6 Å². The number of fused-ring (bicyclic) bond motifs is 1. The minimum Gasteiger partial charge on any atom is -0.490 e. The molecular formula is C18H30N4O5S. The number of nitrogens with one attached hydrogen (secondary N) is 1. The number of amidine groups is 1. The molecule has 1 heterocycles. The van der Waals surface area contributed by atoms with Crippen LogP contribution < -0.4 is 15.2 Å². The minimum atomic E-state index is -3.39. The second-order valence-corrected chi connectivity index (χ2v) is 9.21. The monoisotopic (exact) mass is 414 g/mol. The molecule has 6 N–H and O–H groups in total. The molecule has 1 aliphatic heterocycles. The Balaban J connectivity index is 2.40. The van der Waals surface area contributed by atoms with E-state index in [0.717, 1.165) is 0 Å². The van der Waals surface area contributed by atoms with Gasteiger partial charge in [0, 0.05) is 5.54 Å². The van der Waals surface area contributed by atoms with E-state index in [1.165, 1.54) is 4.90 Å². The molecule has 28 heavy (non-hydrogen) atoms. The summed E-state index contributed by atoms with van der Waals surface area (Å²) in [5.41, 5.74) is 5.39. The number of hydrogen-bond acceptors (Lipinski definition) is 7.